The Kier molecular flexibility index (Phi) is 14.1. The van der Waals surface area contributed by atoms with Gasteiger partial charge in [0, 0.05) is 38.9 Å². The van der Waals surface area contributed by atoms with Gasteiger partial charge in [-0.05, 0) is 103 Å². The average Bonchev–Trinajstić information content (AvgIpc) is 3.25. The van der Waals surface area contributed by atoms with Crippen molar-refractivity contribution in [3.63, 3.8) is 0 Å². The van der Waals surface area contributed by atoms with Crippen molar-refractivity contribution in [2.75, 3.05) is 13.2 Å². The van der Waals surface area contributed by atoms with Crippen molar-refractivity contribution in [1.29, 1.82) is 0 Å². The Hall–Kier alpha value is -1.04. The first kappa shape index (κ1) is 45.1. The smallest absolute Gasteiger partial charge is 0.110 e. The van der Waals surface area contributed by atoms with Crippen LogP contribution in [0.3, 0.4) is 0 Å². The minimum atomic E-state index is -0.622. The van der Waals surface area contributed by atoms with E-state index in [9.17, 15) is 20.4 Å². The zero-order valence-electron chi connectivity index (χ0n) is 37.0. The normalized spacial score (nSPS) is 53.8. The molecule has 7 saturated heterocycles. The first-order valence-corrected chi connectivity index (χ1v) is 24.2. The van der Waals surface area contributed by atoms with E-state index in [0.717, 1.165) is 51.4 Å². The van der Waals surface area contributed by atoms with E-state index < -0.39 is 35.6 Å². The van der Waals surface area contributed by atoms with Crippen LogP contribution < -0.4 is 0 Å². The largest absolute Gasteiger partial charge is 0.396 e. The van der Waals surface area contributed by atoms with Crippen LogP contribution in [-0.2, 0) is 42.6 Å². The molecule has 346 valence electrons. The third kappa shape index (κ3) is 9.63. The van der Waals surface area contributed by atoms with Crippen molar-refractivity contribution in [2.24, 2.45) is 11.8 Å². The molecule has 0 radical (unpaired) electrons. The van der Waals surface area contributed by atoms with Crippen LogP contribution in [-0.4, -0.2) is 155 Å². The number of hydrogen-bond acceptors (Lipinski definition) is 13. The monoisotopic (exact) mass is 861 g/mol. The van der Waals surface area contributed by atoms with Crippen molar-refractivity contribution in [3.8, 4) is 0 Å². The Morgan fingerprint density at radius 2 is 1.30 bits per heavy atom. The van der Waals surface area contributed by atoms with E-state index in [-0.39, 0.29) is 111 Å². The van der Waals surface area contributed by atoms with Gasteiger partial charge in [-0.3, -0.25) is 0 Å². The summed E-state index contributed by atoms with van der Waals surface area (Å²) in [6, 6.07) is 0. The Labute approximate surface area is 363 Å². The molecule has 13 nitrogen and oxygen atoms in total. The minimum Gasteiger partial charge on any atom is -0.396 e. The lowest BCUT2D eigenvalue weighted by Gasteiger charge is -2.55. The quantitative estimate of drug-likeness (QED) is 0.274. The number of ether oxygens (including phenoxy) is 9. The lowest BCUT2D eigenvalue weighted by atomic mass is 9.77. The summed E-state index contributed by atoms with van der Waals surface area (Å²) in [7, 11) is 0. The van der Waals surface area contributed by atoms with Crippen molar-refractivity contribution in [1.82, 2.24) is 0 Å². The summed E-state index contributed by atoms with van der Waals surface area (Å²) in [6.45, 7) is 8.88. The molecular weight excluding hydrogens is 785 g/mol. The van der Waals surface area contributed by atoms with Crippen LogP contribution in [0.2, 0.25) is 0 Å². The molecule has 0 aromatic carbocycles. The molecule has 9 rings (SSSR count). The maximum Gasteiger partial charge on any atom is 0.110 e. The minimum absolute atomic E-state index is 0.0348. The molecule has 0 aromatic rings. The topological polar surface area (TPSA) is 164 Å². The SMILES string of the molecule is C[C@@H]1C[C@H](O)[C@@H](CCO)O[C@H]2C[C@H]3O[C@H]4C/C=C\C[C@H]5O[C@H]6CCC[C@H]7O[C@H]8C[C@H]9O[C@H](CCCO)C[C@H](O)[C@@H]9O[C@@H]8C[C@]7(C)O[C@@H]6/C=C\C[C@@H]5O[C@@H]4[C@@H](C)C[C@@H]3O[C@]2(C)C1. The molecule has 13 heteroatoms. The summed E-state index contributed by atoms with van der Waals surface area (Å²) < 4.78 is 62.3. The van der Waals surface area contributed by atoms with Crippen LogP contribution in [0, 0.1) is 11.8 Å². The molecule has 61 heavy (non-hydrogen) atoms. The van der Waals surface area contributed by atoms with Gasteiger partial charge >= 0.3 is 0 Å². The van der Waals surface area contributed by atoms with Crippen LogP contribution >= 0.6 is 0 Å². The van der Waals surface area contributed by atoms with Crippen molar-refractivity contribution in [2.45, 2.75) is 252 Å². The molecule has 9 aliphatic heterocycles. The highest BCUT2D eigenvalue weighted by atomic mass is 16.6. The first-order chi connectivity index (χ1) is 29.4. The standard InChI is InChI=1S/C48H76O13/c1-27-20-30(51)32(17-19-50)56-44-24-39-40(61-47(44,3)25-27)21-28(2)45-37(55-39)12-6-5-11-33-34(58-45)13-7-15-36-35(54-33)14-8-16-43-48(4,60-36)26-42-38(57-43)23-41-46(59-42)31(52)22-29(53-41)10-9-18-49/h5-7,15,27-46,49-52H,8-14,16-26H2,1-4H3/b6-5-,15-7-/t27-,28+,29-,30+,31+,32-,33-,34+,35+,36-,37+,38+,39-,40+,41-,42-,43-,44+,45-,46+,47-,48+/m1/s1. The maximum absolute atomic E-state index is 11.1. The van der Waals surface area contributed by atoms with Crippen LogP contribution in [0.15, 0.2) is 24.3 Å². The second kappa shape index (κ2) is 19.1. The van der Waals surface area contributed by atoms with Gasteiger partial charge in [-0.2, -0.15) is 0 Å². The summed E-state index contributed by atoms with van der Waals surface area (Å²) in [4.78, 5) is 0. The third-order valence-electron chi connectivity index (χ3n) is 16.0. The Balaban J connectivity index is 0.878. The van der Waals surface area contributed by atoms with Gasteiger partial charge in [-0.1, -0.05) is 38.2 Å². The molecule has 4 N–H and O–H groups in total. The van der Waals surface area contributed by atoms with Crippen LogP contribution in [0.4, 0.5) is 0 Å². The summed E-state index contributed by atoms with van der Waals surface area (Å²) >= 11 is 0. The van der Waals surface area contributed by atoms with E-state index in [0.29, 0.717) is 51.4 Å². The van der Waals surface area contributed by atoms with Gasteiger partial charge in [0.1, 0.15) is 12.2 Å². The van der Waals surface area contributed by atoms with Crippen LogP contribution in [0.1, 0.15) is 130 Å². The predicted octanol–water partition coefficient (Wildman–Crippen LogP) is 5.01. The zero-order chi connectivity index (χ0) is 42.5. The number of hydrogen-bond donors (Lipinski definition) is 4. The van der Waals surface area contributed by atoms with Gasteiger partial charge in [-0.15, -0.1) is 0 Å². The summed E-state index contributed by atoms with van der Waals surface area (Å²) in [5, 5.41) is 41.3. The average molecular weight is 861 g/mol. The molecule has 0 amide bonds. The molecule has 7 fully saturated rings. The highest BCUT2D eigenvalue weighted by molar-refractivity contribution is 5.09. The van der Waals surface area contributed by atoms with Gasteiger partial charge in [0.25, 0.3) is 0 Å². The Bertz CT molecular complexity index is 1510. The van der Waals surface area contributed by atoms with Gasteiger partial charge < -0.3 is 63.1 Å². The van der Waals surface area contributed by atoms with E-state index in [1.165, 1.54) is 0 Å². The van der Waals surface area contributed by atoms with Crippen LogP contribution in [0.25, 0.3) is 0 Å². The summed E-state index contributed by atoms with van der Waals surface area (Å²) in [5.74, 6) is 0.423. The Morgan fingerprint density at radius 3 is 2.11 bits per heavy atom. The number of aliphatic hydroxyl groups is 4. The molecule has 0 spiro atoms. The van der Waals surface area contributed by atoms with Crippen LogP contribution in [0.5, 0.6) is 0 Å². The van der Waals surface area contributed by atoms with E-state index in [4.69, 9.17) is 42.6 Å². The maximum atomic E-state index is 11.1. The second-order valence-corrected chi connectivity index (χ2v) is 20.9. The molecule has 0 aromatic heterocycles. The molecular formula is C48H76O13. The molecule has 22 atom stereocenters. The highest BCUT2D eigenvalue weighted by Gasteiger charge is 2.56. The van der Waals surface area contributed by atoms with Gasteiger partial charge in [-0.25, -0.2) is 0 Å². The van der Waals surface area contributed by atoms with E-state index in [2.05, 4.69) is 52.0 Å². The Morgan fingerprint density at radius 1 is 0.557 bits per heavy atom. The molecule has 0 unspecified atom stereocenters. The third-order valence-corrected chi connectivity index (χ3v) is 16.0. The summed E-state index contributed by atoms with van der Waals surface area (Å²) in [6.07, 6.45) is 15.9. The first-order valence-electron chi connectivity index (χ1n) is 24.2. The second-order valence-electron chi connectivity index (χ2n) is 20.9. The molecule has 9 aliphatic rings. The van der Waals surface area contributed by atoms with Gasteiger partial charge in [0.15, 0.2) is 0 Å². The summed E-state index contributed by atoms with van der Waals surface area (Å²) in [5.41, 5.74) is -1.12. The fourth-order valence-electron chi connectivity index (χ4n) is 12.9. The molecule has 0 bridgehead atoms. The molecule has 9 heterocycles. The number of rotatable bonds is 5. The van der Waals surface area contributed by atoms with Gasteiger partial charge in [0.05, 0.1) is 109 Å². The highest BCUT2D eigenvalue weighted by Crippen LogP contribution is 2.48. The van der Waals surface area contributed by atoms with Gasteiger partial charge in [0.2, 0.25) is 0 Å². The van der Waals surface area contributed by atoms with E-state index in [1.807, 2.05) is 0 Å². The number of aliphatic hydroxyl groups excluding tert-OH is 4. The molecule has 0 saturated carbocycles. The number of fused-ring (bicyclic) bond motifs is 8. The van der Waals surface area contributed by atoms with Crippen molar-refractivity contribution < 1.29 is 63.1 Å². The molecule has 0 aliphatic carbocycles. The lowest BCUT2D eigenvalue weighted by molar-refractivity contribution is -0.316. The van der Waals surface area contributed by atoms with E-state index >= 15 is 0 Å². The zero-order valence-corrected chi connectivity index (χ0v) is 37.0. The lowest BCUT2D eigenvalue weighted by Crippen LogP contribution is -2.65. The van der Waals surface area contributed by atoms with E-state index in [1.54, 1.807) is 0 Å². The van der Waals surface area contributed by atoms with Crippen molar-refractivity contribution in [3.05, 3.63) is 24.3 Å². The fraction of sp³-hybridized carbons (Fsp3) is 0.917. The fourth-order valence-corrected chi connectivity index (χ4v) is 12.9. The predicted molar refractivity (Wildman–Crippen MR) is 224 cm³/mol. The van der Waals surface area contributed by atoms with Crippen molar-refractivity contribution >= 4 is 0 Å².